The molecule has 2 fully saturated rings. The number of thiocarbonyl (C=S) groups is 1. The Balaban J connectivity index is 1.59. The summed E-state index contributed by atoms with van der Waals surface area (Å²) < 4.78 is 11.9. The van der Waals surface area contributed by atoms with Crippen LogP contribution in [0.15, 0.2) is 6.33 Å². The van der Waals surface area contributed by atoms with E-state index in [2.05, 4.69) is 20.3 Å². The van der Waals surface area contributed by atoms with Crippen molar-refractivity contribution in [1.29, 1.82) is 0 Å². The van der Waals surface area contributed by atoms with Gasteiger partial charge in [0.05, 0.1) is 19.4 Å². The predicted octanol–water partition coefficient (Wildman–Crippen LogP) is -1.28. The number of rotatable bonds is 5. The molecule has 13 nitrogen and oxygen atoms in total. The van der Waals surface area contributed by atoms with E-state index in [1.807, 2.05) is 4.90 Å². The summed E-state index contributed by atoms with van der Waals surface area (Å²) in [6.45, 7) is 3.15. The monoisotopic (exact) mass is 493 g/mol. The Morgan fingerprint density at radius 2 is 2.00 bits per heavy atom. The second kappa shape index (κ2) is 9.74. The van der Waals surface area contributed by atoms with E-state index in [-0.39, 0.29) is 34.7 Å². The number of imidazole rings is 1. The second-order valence-electron chi connectivity index (χ2n) is 8.17. The zero-order valence-corrected chi connectivity index (χ0v) is 19.6. The number of amides is 1. The minimum Gasteiger partial charge on any atom is -0.469 e. The highest BCUT2D eigenvalue weighted by Gasteiger charge is 2.47. The first-order chi connectivity index (χ1) is 16.3. The number of carbonyl (C=O) groups is 2. The van der Waals surface area contributed by atoms with Crippen molar-refractivity contribution in [2.24, 2.45) is 5.92 Å². The first-order valence-electron chi connectivity index (χ1n) is 10.9. The van der Waals surface area contributed by atoms with Crippen LogP contribution in [0.2, 0.25) is 0 Å². The molecule has 2 aliphatic heterocycles. The van der Waals surface area contributed by atoms with E-state index in [0.717, 1.165) is 0 Å². The van der Waals surface area contributed by atoms with E-state index in [0.29, 0.717) is 37.5 Å². The van der Waals surface area contributed by atoms with Crippen molar-refractivity contribution in [3.63, 3.8) is 0 Å². The molecule has 0 aromatic carbocycles. The number of piperidine rings is 1. The SMILES string of the molecule is CCNC(=O)[C@H]1O[C@@H](n2cnc3c(N)nc(C(=S)N4CCC(C(=O)OC)CC4)nc32)C(O)[C@H]1O. The summed E-state index contributed by atoms with van der Waals surface area (Å²) in [5.74, 6) is -0.679. The van der Waals surface area contributed by atoms with Gasteiger partial charge in [0.2, 0.25) is 0 Å². The summed E-state index contributed by atoms with van der Waals surface area (Å²) in [4.78, 5) is 39.3. The molecule has 4 atom stereocenters. The smallest absolute Gasteiger partial charge is 0.308 e. The van der Waals surface area contributed by atoms with Crippen LogP contribution in [0.4, 0.5) is 5.82 Å². The molecule has 14 heteroatoms. The summed E-state index contributed by atoms with van der Waals surface area (Å²) in [5.41, 5.74) is 6.61. The molecule has 2 aromatic rings. The first kappa shape index (κ1) is 24.2. The lowest BCUT2D eigenvalue weighted by Crippen LogP contribution is -2.42. The van der Waals surface area contributed by atoms with Crippen LogP contribution < -0.4 is 11.1 Å². The molecular formula is C20H27N7O6S. The van der Waals surface area contributed by atoms with Crippen molar-refractivity contribution in [2.45, 2.75) is 44.3 Å². The fourth-order valence-electron chi connectivity index (χ4n) is 4.23. The Bertz CT molecular complexity index is 1100. The van der Waals surface area contributed by atoms with Crippen LogP contribution in [-0.2, 0) is 19.1 Å². The summed E-state index contributed by atoms with van der Waals surface area (Å²) in [6.07, 6.45) is -2.70. The van der Waals surface area contributed by atoms with Gasteiger partial charge in [-0.1, -0.05) is 12.2 Å². The van der Waals surface area contributed by atoms with Crippen molar-refractivity contribution in [2.75, 3.05) is 32.5 Å². The number of nitrogens with two attached hydrogens (primary N) is 1. The lowest BCUT2D eigenvalue weighted by molar-refractivity contribution is -0.146. The molecule has 0 radical (unpaired) electrons. The third-order valence-corrected chi connectivity index (χ3v) is 6.52. The number of aliphatic hydroxyl groups is 2. The average Bonchev–Trinajstić information content (AvgIpc) is 3.39. The number of fused-ring (bicyclic) bond motifs is 1. The van der Waals surface area contributed by atoms with Crippen molar-refractivity contribution in [1.82, 2.24) is 29.7 Å². The largest absolute Gasteiger partial charge is 0.469 e. The van der Waals surface area contributed by atoms with Crippen LogP contribution in [0, 0.1) is 5.92 Å². The van der Waals surface area contributed by atoms with Crippen LogP contribution in [0.1, 0.15) is 31.8 Å². The topological polar surface area (TPSA) is 178 Å². The number of likely N-dealkylation sites (tertiary alicyclic amines) is 1. The molecule has 2 saturated heterocycles. The average molecular weight is 494 g/mol. The Labute approximate surface area is 200 Å². The molecule has 34 heavy (non-hydrogen) atoms. The number of nitrogens with zero attached hydrogens (tertiary/aromatic N) is 5. The van der Waals surface area contributed by atoms with Gasteiger partial charge in [0.25, 0.3) is 5.91 Å². The van der Waals surface area contributed by atoms with Crippen LogP contribution in [-0.4, -0.2) is 96.6 Å². The van der Waals surface area contributed by atoms with E-state index in [1.54, 1.807) is 6.92 Å². The molecule has 0 aliphatic carbocycles. The highest BCUT2D eigenvalue weighted by molar-refractivity contribution is 7.80. The zero-order valence-electron chi connectivity index (χ0n) is 18.7. The second-order valence-corrected chi connectivity index (χ2v) is 8.56. The fraction of sp³-hybridized carbons (Fsp3) is 0.600. The van der Waals surface area contributed by atoms with Crippen LogP contribution in [0.25, 0.3) is 11.2 Å². The fourth-order valence-corrected chi connectivity index (χ4v) is 4.50. The maximum absolute atomic E-state index is 12.2. The van der Waals surface area contributed by atoms with E-state index >= 15 is 0 Å². The Kier molecular flexibility index (Phi) is 6.93. The number of hydrogen-bond donors (Lipinski definition) is 4. The highest BCUT2D eigenvalue weighted by Crippen LogP contribution is 2.32. The number of esters is 1. The van der Waals surface area contributed by atoms with Gasteiger partial charge in [-0.2, -0.15) is 0 Å². The van der Waals surface area contributed by atoms with Gasteiger partial charge >= 0.3 is 5.97 Å². The minimum absolute atomic E-state index is 0.0823. The Morgan fingerprint density at radius 1 is 1.29 bits per heavy atom. The molecule has 5 N–H and O–H groups in total. The molecule has 0 saturated carbocycles. The number of nitrogens with one attached hydrogen (secondary N) is 1. The van der Waals surface area contributed by atoms with E-state index in [9.17, 15) is 19.8 Å². The van der Waals surface area contributed by atoms with Crippen LogP contribution in [0.5, 0.6) is 0 Å². The first-order valence-corrected chi connectivity index (χ1v) is 11.3. The molecule has 184 valence electrons. The van der Waals surface area contributed by atoms with E-state index < -0.39 is 30.4 Å². The normalized spacial score (nSPS) is 25.5. The number of methoxy groups -OCH3 is 1. The van der Waals surface area contributed by atoms with E-state index in [1.165, 1.54) is 18.0 Å². The zero-order chi connectivity index (χ0) is 24.6. The number of aliphatic hydroxyl groups excluding tert-OH is 2. The molecule has 1 unspecified atom stereocenters. The summed E-state index contributed by atoms with van der Waals surface area (Å²) >= 11 is 5.60. The van der Waals surface area contributed by atoms with Gasteiger partial charge in [0.15, 0.2) is 29.6 Å². The van der Waals surface area contributed by atoms with Gasteiger partial charge in [0.1, 0.15) is 22.7 Å². The van der Waals surface area contributed by atoms with Crippen molar-refractivity contribution < 1.29 is 29.3 Å². The number of ether oxygens (including phenoxy) is 2. The number of aromatic nitrogens is 4. The Hall–Kier alpha value is -2.94. The maximum atomic E-state index is 12.2. The van der Waals surface area contributed by atoms with Crippen molar-refractivity contribution in [3.8, 4) is 0 Å². The third kappa shape index (κ3) is 4.29. The molecule has 0 spiro atoms. The van der Waals surface area contributed by atoms with E-state index in [4.69, 9.17) is 27.4 Å². The van der Waals surface area contributed by atoms with Gasteiger partial charge in [-0.25, -0.2) is 15.0 Å². The lowest BCUT2D eigenvalue weighted by Gasteiger charge is -2.32. The third-order valence-electron chi connectivity index (χ3n) is 6.08. The summed E-state index contributed by atoms with van der Waals surface area (Å²) in [6, 6.07) is 0. The molecule has 4 heterocycles. The van der Waals surface area contributed by atoms with Crippen molar-refractivity contribution in [3.05, 3.63) is 12.2 Å². The number of carbonyl (C=O) groups excluding carboxylic acids is 2. The molecule has 0 bridgehead atoms. The standard InChI is InChI=1S/C20H27N7O6S/c1-3-22-17(30)13-11(28)12(29)18(33-13)27-8-23-10-14(21)24-15(25-16(10)27)19(34)26-6-4-9(5-7-26)20(31)32-2/h8-9,11-13,18,28-29H,3-7H2,1-2H3,(H,22,30)(H2,21,24,25)/t11-,12?,13+,18-/m1/s1. The van der Waals surface area contributed by atoms with Gasteiger partial charge in [-0.15, -0.1) is 0 Å². The summed E-state index contributed by atoms with van der Waals surface area (Å²) in [7, 11) is 1.37. The molecule has 2 aromatic heterocycles. The quantitative estimate of drug-likeness (QED) is 0.287. The molecular weight excluding hydrogens is 466 g/mol. The van der Waals surface area contributed by atoms with Gasteiger partial charge < -0.3 is 35.6 Å². The molecule has 1 amide bonds. The van der Waals surface area contributed by atoms with Gasteiger partial charge in [-0.05, 0) is 19.8 Å². The van der Waals surface area contributed by atoms with Crippen LogP contribution in [0.3, 0.4) is 0 Å². The van der Waals surface area contributed by atoms with Crippen molar-refractivity contribution >= 4 is 46.1 Å². The van der Waals surface area contributed by atoms with Gasteiger partial charge in [-0.3, -0.25) is 14.2 Å². The highest BCUT2D eigenvalue weighted by atomic mass is 32.1. The van der Waals surface area contributed by atoms with Crippen LogP contribution >= 0.6 is 12.2 Å². The number of hydrogen-bond acceptors (Lipinski definition) is 11. The lowest BCUT2D eigenvalue weighted by atomic mass is 9.97. The predicted molar refractivity (Wildman–Crippen MR) is 122 cm³/mol. The molecule has 4 rings (SSSR count). The Morgan fingerprint density at radius 3 is 2.65 bits per heavy atom. The summed E-state index contributed by atoms with van der Waals surface area (Å²) in [5, 5.41) is 23.5. The number of anilines is 1. The molecule has 2 aliphatic rings. The number of likely N-dealkylation sites (N-methyl/N-ethyl adjacent to an activating group) is 1. The minimum atomic E-state index is -1.44. The maximum Gasteiger partial charge on any atom is 0.308 e. The van der Waals surface area contributed by atoms with Gasteiger partial charge in [0, 0.05) is 19.6 Å². The number of nitrogen functional groups attached to an aromatic ring is 1.